The molecule has 0 saturated heterocycles. The van der Waals surface area contributed by atoms with Crippen LogP contribution in [0.4, 0.5) is 5.82 Å². The maximum Gasteiger partial charge on any atom is 0.131 e. The molecule has 0 radical (unpaired) electrons. The lowest BCUT2D eigenvalue weighted by Gasteiger charge is -2.27. The maximum absolute atomic E-state index is 4.71. The van der Waals surface area contributed by atoms with Gasteiger partial charge >= 0.3 is 0 Å². The molecule has 19 heavy (non-hydrogen) atoms. The minimum atomic E-state index is 0.696. The van der Waals surface area contributed by atoms with Gasteiger partial charge in [0, 0.05) is 31.9 Å². The number of anilines is 1. The van der Waals surface area contributed by atoms with Crippen LogP contribution in [0.3, 0.4) is 0 Å². The van der Waals surface area contributed by atoms with Crippen LogP contribution >= 0.6 is 0 Å². The van der Waals surface area contributed by atoms with Crippen LogP contribution in [-0.4, -0.2) is 24.1 Å². The standard InChI is InChI=1S/C16H25N3/c1-12-9-13(10-17-14-7-8-14)11-18-16(12)19(2)15-5-3-4-6-15/h9,11,14-15,17H,3-8,10H2,1-2H3. The molecule has 3 heteroatoms. The van der Waals surface area contributed by atoms with Crippen LogP contribution in [-0.2, 0) is 6.54 Å². The molecule has 2 aliphatic carbocycles. The SMILES string of the molecule is Cc1cc(CNC2CC2)cnc1N(C)C1CCCC1. The van der Waals surface area contributed by atoms with Crippen molar-refractivity contribution in [2.45, 2.75) is 64.1 Å². The Bertz CT molecular complexity index is 434. The van der Waals surface area contributed by atoms with Crippen LogP contribution in [0, 0.1) is 6.92 Å². The number of rotatable bonds is 5. The number of aromatic nitrogens is 1. The second-order valence-corrected chi connectivity index (χ2v) is 6.19. The van der Waals surface area contributed by atoms with Gasteiger partial charge in [-0.05, 0) is 49.8 Å². The molecule has 0 spiro atoms. The first kappa shape index (κ1) is 12.9. The van der Waals surface area contributed by atoms with Gasteiger partial charge in [0.25, 0.3) is 0 Å². The Hall–Kier alpha value is -1.09. The zero-order valence-corrected chi connectivity index (χ0v) is 12.2. The average Bonchev–Trinajstić information content (AvgIpc) is 3.07. The zero-order chi connectivity index (χ0) is 13.2. The van der Waals surface area contributed by atoms with E-state index in [2.05, 4.69) is 30.3 Å². The Labute approximate surface area is 116 Å². The van der Waals surface area contributed by atoms with Gasteiger partial charge < -0.3 is 10.2 Å². The number of nitrogens with zero attached hydrogens (tertiary/aromatic N) is 2. The van der Waals surface area contributed by atoms with E-state index in [0.29, 0.717) is 6.04 Å². The van der Waals surface area contributed by atoms with Gasteiger partial charge in [-0.1, -0.05) is 12.8 Å². The summed E-state index contributed by atoms with van der Waals surface area (Å²) >= 11 is 0. The van der Waals surface area contributed by atoms with Crippen molar-refractivity contribution in [1.29, 1.82) is 0 Å². The number of aryl methyl sites for hydroxylation is 1. The van der Waals surface area contributed by atoms with E-state index in [0.717, 1.165) is 12.6 Å². The Kier molecular flexibility index (Phi) is 3.74. The zero-order valence-electron chi connectivity index (χ0n) is 12.2. The minimum absolute atomic E-state index is 0.696. The van der Waals surface area contributed by atoms with Crippen molar-refractivity contribution in [3.8, 4) is 0 Å². The van der Waals surface area contributed by atoms with E-state index in [9.17, 15) is 0 Å². The van der Waals surface area contributed by atoms with Crippen LogP contribution in [0.15, 0.2) is 12.3 Å². The smallest absolute Gasteiger partial charge is 0.131 e. The maximum atomic E-state index is 4.71. The summed E-state index contributed by atoms with van der Waals surface area (Å²) in [7, 11) is 2.20. The second-order valence-electron chi connectivity index (χ2n) is 6.19. The summed E-state index contributed by atoms with van der Waals surface area (Å²) in [4.78, 5) is 7.10. The van der Waals surface area contributed by atoms with E-state index in [1.165, 1.54) is 55.5 Å². The molecule has 1 aromatic heterocycles. The van der Waals surface area contributed by atoms with Gasteiger partial charge in [-0.2, -0.15) is 0 Å². The molecule has 0 aromatic carbocycles. The minimum Gasteiger partial charge on any atom is -0.356 e. The van der Waals surface area contributed by atoms with E-state index < -0.39 is 0 Å². The fourth-order valence-corrected chi connectivity index (χ4v) is 3.11. The monoisotopic (exact) mass is 259 g/mol. The average molecular weight is 259 g/mol. The molecule has 3 nitrogen and oxygen atoms in total. The molecule has 0 atom stereocenters. The summed E-state index contributed by atoms with van der Waals surface area (Å²) in [6, 6.07) is 3.76. The summed E-state index contributed by atoms with van der Waals surface area (Å²) < 4.78 is 0. The number of nitrogens with one attached hydrogen (secondary N) is 1. The summed E-state index contributed by atoms with van der Waals surface area (Å²) in [5, 5.41) is 3.55. The van der Waals surface area contributed by atoms with Gasteiger partial charge in [-0.15, -0.1) is 0 Å². The van der Waals surface area contributed by atoms with Gasteiger partial charge in [-0.3, -0.25) is 0 Å². The normalized spacial score (nSPS) is 19.9. The van der Waals surface area contributed by atoms with Crippen LogP contribution in [0.2, 0.25) is 0 Å². The Morgan fingerprint density at radius 1 is 1.26 bits per heavy atom. The molecular weight excluding hydrogens is 234 g/mol. The molecule has 0 unspecified atom stereocenters. The molecule has 104 valence electrons. The number of pyridine rings is 1. The predicted octanol–water partition coefficient (Wildman–Crippen LogP) is 3.02. The Balaban J connectivity index is 1.67. The second kappa shape index (κ2) is 5.49. The molecule has 0 bridgehead atoms. The summed E-state index contributed by atoms with van der Waals surface area (Å²) in [5.74, 6) is 1.17. The molecule has 0 aliphatic heterocycles. The Morgan fingerprint density at radius 3 is 2.63 bits per heavy atom. The van der Waals surface area contributed by atoms with Crippen molar-refractivity contribution in [3.63, 3.8) is 0 Å². The van der Waals surface area contributed by atoms with Crippen molar-refractivity contribution in [3.05, 3.63) is 23.4 Å². The molecule has 1 N–H and O–H groups in total. The molecule has 2 saturated carbocycles. The largest absolute Gasteiger partial charge is 0.356 e. The van der Waals surface area contributed by atoms with Crippen LogP contribution in [0.5, 0.6) is 0 Å². The van der Waals surface area contributed by atoms with Gasteiger partial charge in [0.1, 0.15) is 5.82 Å². The highest BCUT2D eigenvalue weighted by Crippen LogP contribution is 2.28. The van der Waals surface area contributed by atoms with E-state index in [1.54, 1.807) is 0 Å². The lowest BCUT2D eigenvalue weighted by atomic mass is 10.1. The third kappa shape index (κ3) is 3.08. The van der Waals surface area contributed by atoms with Gasteiger partial charge in [0.15, 0.2) is 0 Å². The molecule has 3 rings (SSSR count). The first-order valence-electron chi connectivity index (χ1n) is 7.66. The highest BCUT2D eigenvalue weighted by atomic mass is 15.2. The van der Waals surface area contributed by atoms with Crippen molar-refractivity contribution >= 4 is 5.82 Å². The predicted molar refractivity (Wildman–Crippen MR) is 79.5 cm³/mol. The van der Waals surface area contributed by atoms with Gasteiger partial charge in [-0.25, -0.2) is 4.98 Å². The highest BCUT2D eigenvalue weighted by Gasteiger charge is 2.22. The van der Waals surface area contributed by atoms with Crippen LogP contribution < -0.4 is 10.2 Å². The van der Waals surface area contributed by atoms with E-state index in [-0.39, 0.29) is 0 Å². The van der Waals surface area contributed by atoms with Crippen LogP contribution in [0.25, 0.3) is 0 Å². The van der Waals surface area contributed by atoms with Gasteiger partial charge in [0.05, 0.1) is 0 Å². The van der Waals surface area contributed by atoms with Crippen molar-refractivity contribution in [2.24, 2.45) is 0 Å². The molecule has 2 fully saturated rings. The van der Waals surface area contributed by atoms with E-state index >= 15 is 0 Å². The van der Waals surface area contributed by atoms with Crippen molar-refractivity contribution in [2.75, 3.05) is 11.9 Å². The quantitative estimate of drug-likeness (QED) is 0.881. The summed E-state index contributed by atoms with van der Waals surface area (Å²) in [6.45, 7) is 3.15. The molecule has 2 aliphatic rings. The van der Waals surface area contributed by atoms with E-state index in [4.69, 9.17) is 4.98 Å². The highest BCUT2D eigenvalue weighted by molar-refractivity contribution is 5.47. The topological polar surface area (TPSA) is 28.2 Å². The van der Waals surface area contributed by atoms with Gasteiger partial charge in [0.2, 0.25) is 0 Å². The lowest BCUT2D eigenvalue weighted by Crippen LogP contribution is -2.30. The molecule has 0 amide bonds. The lowest BCUT2D eigenvalue weighted by molar-refractivity contribution is 0.643. The Morgan fingerprint density at radius 2 is 2.00 bits per heavy atom. The van der Waals surface area contributed by atoms with Crippen LogP contribution in [0.1, 0.15) is 49.7 Å². The van der Waals surface area contributed by atoms with E-state index in [1.807, 2.05) is 6.20 Å². The molecule has 1 aromatic rings. The summed E-state index contributed by atoms with van der Waals surface area (Å²) in [6.07, 6.45) is 10.1. The van der Waals surface area contributed by atoms with Crippen molar-refractivity contribution < 1.29 is 0 Å². The molecule has 1 heterocycles. The summed E-state index contributed by atoms with van der Waals surface area (Å²) in [5.41, 5.74) is 2.62. The third-order valence-electron chi connectivity index (χ3n) is 4.49. The van der Waals surface area contributed by atoms with Crippen molar-refractivity contribution in [1.82, 2.24) is 10.3 Å². The third-order valence-corrected chi connectivity index (χ3v) is 4.49. The molecular formula is C16H25N3. The fraction of sp³-hybridized carbons (Fsp3) is 0.688. The number of hydrogen-bond acceptors (Lipinski definition) is 3. The number of hydrogen-bond donors (Lipinski definition) is 1. The fourth-order valence-electron chi connectivity index (χ4n) is 3.11. The first-order valence-corrected chi connectivity index (χ1v) is 7.66. The first-order chi connectivity index (χ1) is 9.24.